The Bertz CT molecular complexity index is 1160. The van der Waals surface area contributed by atoms with E-state index in [1.807, 2.05) is 39.0 Å². The predicted octanol–water partition coefficient (Wildman–Crippen LogP) is 4.32. The molecule has 0 atom stereocenters. The maximum Gasteiger partial charge on any atom is 0.292 e. The summed E-state index contributed by atoms with van der Waals surface area (Å²) in [5.41, 5.74) is 7.50. The van der Waals surface area contributed by atoms with Gasteiger partial charge in [0.05, 0.1) is 5.71 Å². The van der Waals surface area contributed by atoms with E-state index in [9.17, 15) is 9.59 Å². The van der Waals surface area contributed by atoms with Crippen LogP contribution in [-0.4, -0.2) is 22.5 Å². The lowest BCUT2D eigenvalue weighted by Crippen LogP contribution is -2.22. The van der Waals surface area contributed by atoms with Crippen LogP contribution < -0.4 is 10.7 Å². The summed E-state index contributed by atoms with van der Waals surface area (Å²) >= 11 is 0. The molecule has 0 radical (unpaired) electrons. The molecule has 2 N–H and O–H groups in total. The lowest BCUT2D eigenvalue weighted by atomic mass is 9.93. The molecule has 0 fully saturated rings. The van der Waals surface area contributed by atoms with E-state index in [-0.39, 0.29) is 17.6 Å². The average molecular weight is 416 g/mol. The monoisotopic (exact) mass is 416 g/mol. The Morgan fingerprint density at radius 2 is 1.71 bits per heavy atom. The third kappa shape index (κ3) is 4.40. The first-order valence-corrected chi connectivity index (χ1v) is 10.2. The van der Waals surface area contributed by atoms with Gasteiger partial charge in [0, 0.05) is 29.3 Å². The molecule has 2 heterocycles. The number of nitrogens with one attached hydrogen (secondary N) is 2. The van der Waals surface area contributed by atoms with Gasteiger partial charge in [-0.1, -0.05) is 23.8 Å². The summed E-state index contributed by atoms with van der Waals surface area (Å²) in [7, 11) is 0. The molecule has 1 aliphatic carbocycles. The number of hydrogen-bond donors (Lipinski definition) is 2. The summed E-state index contributed by atoms with van der Waals surface area (Å²) in [6.07, 6.45) is 3.94. The molecule has 31 heavy (non-hydrogen) atoms. The van der Waals surface area contributed by atoms with Gasteiger partial charge in [-0.3, -0.25) is 9.59 Å². The van der Waals surface area contributed by atoms with Crippen LogP contribution >= 0.6 is 0 Å². The highest BCUT2D eigenvalue weighted by Gasteiger charge is 2.28. The average Bonchev–Trinajstić information content (AvgIpc) is 3.11. The number of pyridine rings is 1. The highest BCUT2D eigenvalue weighted by molar-refractivity contribution is 6.09. The number of aromatic nitrogens is 1. The molecule has 0 aliphatic heterocycles. The van der Waals surface area contributed by atoms with Gasteiger partial charge in [-0.2, -0.15) is 5.10 Å². The number of hydrazone groups is 1. The SMILES string of the molecule is Cc1ccc(C(=O)N/N=C2\CCCc3oc(C(=O)Nc4ccc(C)cn4)c(C)c32)cc1. The summed E-state index contributed by atoms with van der Waals surface area (Å²) in [6.45, 7) is 5.74. The standard InChI is InChI=1S/C24H24N4O3/c1-14-7-10-17(11-8-14)23(29)28-27-18-5-4-6-19-21(18)16(3)22(31-19)24(30)26-20-12-9-15(2)13-25-20/h7-13H,4-6H2,1-3H3,(H,28,29)(H,25,26,30)/b27-18+. The van der Waals surface area contributed by atoms with Crippen LogP contribution in [0.5, 0.6) is 0 Å². The molecule has 7 heteroatoms. The molecule has 0 spiro atoms. The zero-order valence-corrected chi connectivity index (χ0v) is 17.8. The number of rotatable bonds is 4. The van der Waals surface area contributed by atoms with Gasteiger partial charge < -0.3 is 9.73 Å². The second-order valence-corrected chi connectivity index (χ2v) is 7.75. The number of hydrogen-bond acceptors (Lipinski definition) is 5. The van der Waals surface area contributed by atoms with Gasteiger partial charge in [-0.15, -0.1) is 0 Å². The number of anilines is 1. The highest BCUT2D eigenvalue weighted by atomic mass is 16.4. The molecule has 2 amide bonds. The van der Waals surface area contributed by atoms with Crippen molar-refractivity contribution in [1.82, 2.24) is 10.4 Å². The smallest absolute Gasteiger partial charge is 0.292 e. The maximum absolute atomic E-state index is 12.8. The summed E-state index contributed by atoms with van der Waals surface area (Å²) in [5.74, 6) is 0.792. The third-order valence-corrected chi connectivity index (χ3v) is 5.29. The number of aryl methyl sites for hydroxylation is 3. The third-order valence-electron chi connectivity index (χ3n) is 5.29. The zero-order valence-electron chi connectivity index (χ0n) is 17.8. The predicted molar refractivity (Wildman–Crippen MR) is 118 cm³/mol. The Morgan fingerprint density at radius 3 is 2.42 bits per heavy atom. The molecular formula is C24H24N4O3. The Labute approximate surface area is 180 Å². The molecule has 0 saturated heterocycles. The number of amides is 2. The van der Waals surface area contributed by atoms with Crippen LogP contribution in [-0.2, 0) is 6.42 Å². The van der Waals surface area contributed by atoms with Crippen molar-refractivity contribution in [2.75, 3.05) is 5.32 Å². The molecular weight excluding hydrogens is 392 g/mol. The van der Waals surface area contributed by atoms with Gasteiger partial charge in [0.2, 0.25) is 0 Å². The number of carbonyl (C=O) groups is 2. The van der Waals surface area contributed by atoms with E-state index in [0.29, 0.717) is 29.1 Å². The number of fused-ring (bicyclic) bond motifs is 1. The minimum Gasteiger partial charge on any atom is -0.455 e. The molecule has 158 valence electrons. The van der Waals surface area contributed by atoms with Gasteiger partial charge in [0.1, 0.15) is 11.6 Å². The summed E-state index contributed by atoms with van der Waals surface area (Å²) < 4.78 is 5.90. The van der Waals surface area contributed by atoms with Crippen LogP contribution in [0.2, 0.25) is 0 Å². The molecule has 4 rings (SSSR count). The van der Waals surface area contributed by atoms with Gasteiger partial charge in [0.15, 0.2) is 5.76 Å². The van der Waals surface area contributed by atoms with E-state index in [4.69, 9.17) is 4.42 Å². The van der Waals surface area contributed by atoms with Crippen molar-refractivity contribution in [1.29, 1.82) is 0 Å². The van der Waals surface area contributed by atoms with Crippen molar-refractivity contribution >= 4 is 23.3 Å². The largest absolute Gasteiger partial charge is 0.455 e. The minimum atomic E-state index is -0.355. The van der Waals surface area contributed by atoms with E-state index >= 15 is 0 Å². The first-order chi connectivity index (χ1) is 14.9. The Hall–Kier alpha value is -3.74. The van der Waals surface area contributed by atoms with E-state index < -0.39 is 0 Å². The zero-order chi connectivity index (χ0) is 22.0. The van der Waals surface area contributed by atoms with Crippen LogP contribution in [0.4, 0.5) is 5.82 Å². The van der Waals surface area contributed by atoms with Crippen molar-refractivity contribution in [2.24, 2.45) is 5.10 Å². The molecule has 0 unspecified atom stereocenters. The van der Waals surface area contributed by atoms with Crippen LogP contribution in [0, 0.1) is 20.8 Å². The first kappa shape index (κ1) is 20.5. The summed E-state index contributed by atoms with van der Waals surface area (Å²) in [6, 6.07) is 10.9. The number of carbonyl (C=O) groups excluding carboxylic acids is 2. The molecule has 1 aliphatic rings. The molecule has 0 saturated carbocycles. The van der Waals surface area contributed by atoms with Crippen molar-refractivity contribution in [3.05, 3.63) is 81.9 Å². The normalized spacial score (nSPS) is 14.2. The van der Waals surface area contributed by atoms with E-state index in [0.717, 1.165) is 35.2 Å². The molecule has 0 bridgehead atoms. The van der Waals surface area contributed by atoms with Gasteiger partial charge in [-0.05, 0) is 57.4 Å². The highest BCUT2D eigenvalue weighted by Crippen LogP contribution is 2.30. The van der Waals surface area contributed by atoms with Crippen molar-refractivity contribution < 1.29 is 14.0 Å². The maximum atomic E-state index is 12.8. The quantitative estimate of drug-likeness (QED) is 0.619. The summed E-state index contributed by atoms with van der Waals surface area (Å²) in [4.78, 5) is 29.4. The van der Waals surface area contributed by atoms with Gasteiger partial charge in [-0.25, -0.2) is 10.4 Å². The van der Waals surface area contributed by atoms with E-state index in [2.05, 4.69) is 20.8 Å². The van der Waals surface area contributed by atoms with Crippen LogP contribution in [0.25, 0.3) is 0 Å². The first-order valence-electron chi connectivity index (χ1n) is 10.2. The number of benzene rings is 1. The number of nitrogens with zero attached hydrogens (tertiary/aromatic N) is 2. The van der Waals surface area contributed by atoms with Crippen molar-refractivity contribution in [2.45, 2.75) is 40.0 Å². The minimum absolute atomic E-state index is 0.242. The summed E-state index contributed by atoms with van der Waals surface area (Å²) in [5, 5.41) is 7.14. The molecule has 1 aromatic carbocycles. The Morgan fingerprint density at radius 1 is 0.968 bits per heavy atom. The van der Waals surface area contributed by atoms with Gasteiger partial charge >= 0.3 is 0 Å². The topological polar surface area (TPSA) is 96.6 Å². The fourth-order valence-corrected chi connectivity index (χ4v) is 3.60. The second-order valence-electron chi connectivity index (χ2n) is 7.75. The second kappa shape index (κ2) is 8.55. The lowest BCUT2D eigenvalue weighted by molar-refractivity contribution is 0.0953. The fourth-order valence-electron chi connectivity index (χ4n) is 3.60. The van der Waals surface area contributed by atoms with E-state index in [1.165, 1.54) is 0 Å². The molecule has 3 aromatic rings. The van der Waals surface area contributed by atoms with Crippen LogP contribution in [0.1, 0.15) is 61.8 Å². The van der Waals surface area contributed by atoms with Crippen LogP contribution in [0.3, 0.4) is 0 Å². The Kier molecular flexibility index (Phi) is 5.66. The Balaban J connectivity index is 1.55. The molecule has 2 aromatic heterocycles. The van der Waals surface area contributed by atoms with Crippen molar-refractivity contribution in [3.63, 3.8) is 0 Å². The lowest BCUT2D eigenvalue weighted by Gasteiger charge is -2.13. The molecule has 7 nitrogen and oxygen atoms in total. The van der Waals surface area contributed by atoms with E-state index in [1.54, 1.807) is 24.4 Å². The fraction of sp³-hybridized carbons (Fsp3) is 0.250. The van der Waals surface area contributed by atoms with Crippen molar-refractivity contribution in [3.8, 4) is 0 Å². The number of furan rings is 1. The van der Waals surface area contributed by atoms with Crippen LogP contribution in [0.15, 0.2) is 52.1 Å². The van der Waals surface area contributed by atoms with Gasteiger partial charge in [0.25, 0.3) is 11.8 Å².